The summed E-state index contributed by atoms with van der Waals surface area (Å²) in [6.07, 6.45) is 3.22. The number of carbonyl (C=O) groups is 1. The highest BCUT2D eigenvalue weighted by molar-refractivity contribution is 5.95. The van der Waals surface area contributed by atoms with E-state index in [1.807, 2.05) is 4.90 Å². The number of furan rings is 1. The van der Waals surface area contributed by atoms with Crippen molar-refractivity contribution in [3.05, 3.63) is 35.4 Å². The highest BCUT2D eigenvalue weighted by Gasteiger charge is 2.42. The molecule has 1 amide bonds. The van der Waals surface area contributed by atoms with Crippen LogP contribution in [0.25, 0.3) is 0 Å². The van der Waals surface area contributed by atoms with Gasteiger partial charge in [0.05, 0.1) is 17.9 Å². The number of carbonyl (C=O) groups excluding carboxylic acids is 1. The minimum atomic E-state index is -0.156. The summed E-state index contributed by atoms with van der Waals surface area (Å²) in [6, 6.07) is 1.73. The van der Waals surface area contributed by atoms with Crippen LogP contribution in [0.1, 0.15) is 46.8 Å². The Morgan fingerprint density at radius 3 is 2.96 bits per heavy atom. The van der Waals surface area contributed by atoms with Crippen LogP contribution in [0, 0.1) is 19.8 Å². The van der Waals surface area contributed by atoms with Gasteiger partial charge in [0.1, 0.15) is 11.9 Å². The third-order valence-corrected chi connectivity index (χ3v) is 4.75. The second-order valence-electron chi connectivity index (χ2n) is 6.27. The molecule has 0 aromatic carbocycles. The number of likely N-dealkylation sites (tertiary alicyclic amines) is 1. The number of aromatic nitrogens is 2. The van der Waals surface area contributed by atoms with Gasteiger partial charge in [-0.3, -0.25) is 4.79 Å². The summed E-state index contributed by atoms with van der Waals surface area (Å²) >= 11 is 0. The van der Waals surface area contributed by atoms with Gasteiger partial charge in [-0.15, -0.1) is 0 Å². The first-order valence-electron chi connectivity index (χ1n) is 7.91. The van der Waals surface area contributed by atoms with Crippen LogP contribution in [0.5, 0.6) is 0 Å². The predicted molar refractivity (Wildman–Crippen MR) is 78.7 cm³/mol. The highest BCUT2D eigenvalue weighted by Crippen LogP contribution is 2.40. The monoisotopic (exact) mass is 317 g/mol. The van der Waals surface area contributed by atoms with Gasteiger partial charge in [0.25, 0.3) is 11.8 Å². The Morgan fingerprint density at radius 2 is 2.26 bits per heavy atom. The molecule has 0 saturated carbocycles. The molecule has 7 heteroatoms. The first-order valence-corrected chi connectivity index (χ1v) is 7.91. The molecule has 0 N–H and O–H groups in total. The number of amides is 1. The molecule has 2 aliphatic heterocycles. The molecular formula is C16H19N3O4. The first kappa shape index (κ1) is 14.4. The number of hydrogen-bond donors (Lipinski definition) is 0. The number of ether oxygens (including phenoxy) is 1. The van der Waals surface area contributed by atoms with Gasteiger partial charge in [-0.1, -0.05) is 5.16 Å². The molecule has 7 nitrogen and oxygen atoms in total. The molecule has 0 radical (unpaired) electrons. The lowest BCUT2D eigenvalue weighted by Gasteiger charge is -2.33. The number of piperidine rings is 1. The average Bonchev–Trinajstić information content (AvgIpc) is 3.24. The van der Waals surface area contributed by atoms with Crippen molar-refractivity contribution in [2.24, 2.45) is 5.92 Å². The van der Waals surface area contributed by atoms with E-state index in [9.17, 15) is 4.79 Å². The fourth-order valence-corrected chi connectivity index (χ4v) is 3.49. The fraction of sp³-hybridized carbons (Fsp3) is 0.562. The van der Waals surface area contributed by atoms with Gasteiger partial charge in [0, 0.05) is 13.1 Å². The summed E-state index contributed by atoms with van der Waals surface area (Å²) in [5.74, 6) is 2.26. The molecule has 4 heterocycles. The van der Waals surface area contributed by atoms with Crippen molar-refractivity contribution in [2.45, 2.75) is 38.9 Å². The third kappa shape index (κ3) is 2.55. The zero-order valence-electron chi connectivity index (χ0n) is 13.2. The van der Waals surface area contributed by atoms with E-state index in [1.165, 1.54) is 0 Å². The van der Waals surface area contributed by atoms with Crippen molar-refractivity contribution >= 4 is 5.91 Å². The number of rotatable bonds is 2. The van der Waals surface area contributed by atoms with Crippen LogP contribution in [0.4, 0.5) is 0 Å². The van der Waals surface area contributed by atoms with Crippen LogP contribution in [-0.4, -0.2) is 40.1 Å². The fourth-order valence-electron chi connectivity index (χ4n) is 3.49. The highest BCUT2D eigenvalue weighted by atomic mass is 16.5. The Bertz CT molecular complexity index is 722. The second kappa shape index (κ2) is 5.49. The molecule has 3 atom stereocenters. The van der Waals surface area contributed by atoms with E-state index in [-0.39, 0.29) is 18.1 Å². The Labute approximate surface area is 133 Å². The Hall–Kier alpha value is -2.15. The topological polar surface area (TPSA) is 81.6 Å². The van der Waals surface area contributed by atoms with Crippen molar-refractivity contribution in [3.63, 3.8) is 0 Å². The van der Waals surface area contributed by atoms with Gasteiger partial charge in [0.15, 0.2) is 5.82 Å². The van der Waals surface area contributed by atoms with Gasteiger partial charge in [0.2, 0.25) is 0 Å². The number of hydrogen-bond acceptors (Lipinski definition) is 6. The number of nitrogens with zero attached hydrogens (tertiary/aromatic N) is 3. The molecular weight excluding hydrogens is 298 g/mol. The van der Waals surface area contributed by atoms with Crippen LogP contribution in [-0.2, 0) is 4.74 Å². The van der Waals surface area contributed by atoms with Gasteiger partial charge >= 0.3 is 0 Å². The van der Waals surface area contributed by atoms with E-state index in [0.717, 1.165) is 19.4 Å². The zero-order chi connectivity index (χ0) is 16.0. The molecule has 0 unspecified atom stereocenters. The smallest absolute Gasteiger partial charge is 0.257 e. The second-order valence-corrected chi connectivity index (χ2v) is 6.27. The zero-order valence-corrected chi connectivity index (χ0v) is 13.2. The van der Waals surface area contributed by atoms with Crippen LogP contribution in [0.3, 0.4) is 0 Å². The summed E-state index contributed by atoms with van der Waals surface area (Å²) in [7, 11) is 0. The molecule has 2 aromatic heterocycles. The lowest BCUT2D eigenvalue weighted by molar-refractivity contribution is -0.0137. The minimum Gasteiger partial charge on any atom is -0.469 e. The summed E-state index contributed by atoms with van der Waals surface area (Å²) in [5.41, 5.74) is 0.630. The quantitative estimate of drug-likeness (QED) is 0.845. The maximum Gasteiger partial charge on any atom is 0.257 e. The van der Waals surface area contributed by atoms with Gasteiger partial charge in [-0.2, -0.15) is 4.98 Å². The van der Waals surface area contributed by atoms with Crippen molar-refractivity contribution in [1.29, 1.82) is 0 Å². The van der Waals surface area contributed by atoms with Crippen LogP contribution in [0.2, 0.25) is 0 Å². The van der Waals surface area contributed by atoms with Crippen LogP contribution < -0.4 is 0 Å². The van der Waals surface area contributed by atoms with E-state index in [1.54, 1.807) is 26.2 Å². The average molecular weight is 317 g/mol. The molecule has 0 spiro atoms. The largest absolute Gasteiger partial charge is 0.469 e. The minimum absolute atomic E-state index is 0.00962. The van der Waals surface area contributed by atoms with Crippen molar-refractivity contribution < 1.29 is 18.5 Å². The molecule has 2 aromatic rings. The number of aryl methyl sites for hydroxylation is 2. The van der Waals surface area contributed by atoms with Crippen molar-refractivity contribution in [3.8, 4) is 0 Å². The Kier molecular flexibility index (Phi) is 3.45. The summed E-state index contributed by atoms with van der Waals surface area (Å²) < 4.78 is 16.5. The molecule has 23 heavy (non-hydrogen) atoms. The van der Waals surface area contributed by atoms with Gasteiger partial charge in [-0.25, -0.2) is 0 Å². The Balaban J connectivity index is 1.45. The number of fused-ring (bicyclic) bond motifs is 1. The predicted octanol–water partition coefficient (Wildman–Crippen LogP) is 2.27. The van der Waals surface area contributed by atoms with Crippen molar-refractivity contribution in [1.82, 2.24) is 15.0 Å². The molecule has 122 valence electrons. The van der Waals surface area contributed by atoms with Gasteiger partial charge < -0.3 is 18.6 Å². The SMILES string of the molecule is Cc1noc([C@H]2C[C@@H]3CCN(C(=O)c4ccoc4C)C[C@H]3O2)n1. The van der Waals surface area contributed by atoms with Crippen molar-refractivity contribution in [2.75, 3.05) is 13.1 Å². The van der Waals surface area contributed by atoms with E-state index < -0.39 is 0 Å². The molecule has 0 bridgehead atoms. The first-order chi connectivity index (χ1) is 11.1. The molecule has 0 aliphatic carbocycles. The summed E-state index contributed by atoms with van der Waals surface area (Å²) in [5, 5.41) is 3.82. The van der Waals surface area contributed by atoms with Crippen LogP contribution >= 0.6 is 0 Å². The summed E-state index contributed by atoms with van der Waals surface area (Å²) in [4.78, 5) is 18.7. The van der Waals surface area contributed by atoms with Crippen LogP contribution in [0.15, 0.2) is 21.3 Å². The maximum absolute atomic E-state index is 12.6. The summed E-state index contributed by atoms with van der Waals surface area (Å²) in [6.45, 7) is 4.93. The normalized spacial score (nSPS) is 27.2. The lowest BCUT2D eigenvalue weighted by Crippen LogP contribution is -2.45. The van der Waals surface area contributed by atoms with E-state index in [4.69, 9.17) is 13.7 Å². The molecule has 4 rings (SSSR count). The van der Waals surface area contributed by atoms with E-state index in [0.29, 0.717) is 35.5 Å². The molecule has 2 aliphatic rings. The molecule has 2 saturated heterocycles. The Morgan fingerprint density at radius 1 is 1.39 bits per heavy atom. The standard InChI is InChI=1S/C16H19N3O4/c1-9-12(4-6-21-9)16(20)19-5-3-11-7-13(22-14(11)8-19)15-17-10(2)18-23-15/h4,6,11,13-14H,3,5,7-8H2,1-2H3/t11-,13+,14+/m0/s1. The lowest BCUT2D eigenvalue weighted by atomic mass is 9.91. The van der Waals surface area contributed by atoms with Gasteiger partial charge in [-0.05, 0) is 38.7 Å². The van der Waals surface area contributed by atoms with E-state index >= 15 is 0 Å². The molecule has 2 fully saturated rings. The third-order valence-electron chi connectivity index (χ3n) is 4.75. The maximum atomic E-state index is 12.6. The van der Waals surface area contributed by atoms with E-state index in [2.05, 4.69) is 10.1 Å².